The second-order valence-corrected chi connectivity index (χ2v) is 9.57. The fourth-order valence-corrected chi connectivity index (χ4v) is 3.70. The molecule has 1 unspecified atom stereocenters. The zero-order valence-corrected chi connectivity index (χ0v) is 23.1. The lowest BCUT2D eigenvalue weighted by Crippen LogP contribution is -2.56. The lowest BCUT2D eigenvalue weighted by Gasteiger charge is -2.25. The van der Waals surface area contributed by atoms with Crippen LogP contribution in [0.25, 0.3) is 0 Å². The first kappa shape index (κ1) is 33.9. The fourth-order valence-electron chi connectivity index (χ4n) is 3.45. The molecule has 0 aromatic carbocycles. The van der Waals surface area contributed by atoms with Crippen molar-refractivity contribution in [3.05, 3.63) is 0 Å². The SMILES string of the molecule is CC(C)C1NC(=O)CNC(=O)[C@H](CC(=O)N[C@H](CS)C(=O)O)NC(=O)CNC(=O)[C@H](CCCN=C(N)N)NC1=O. The quantitative estimate of drug-likeness (QED) is 0.0504. The highest BCUT2D eigenvalue weighted by Crippen LogP contribution is 2.06. The molecule has 0 radical (unpaired) electrons. The van der Waals surface area contributed by atoms with Crippen LogP contribution in [0.5, 0.6) is 0 Å². The molecule has 1 aliphatic rings. The van der Waals surface area contributed by atoms with E-state index in [2.05, 4.69) is 49.5 Å². The summed E-state index contributed by atoms with van der Waals surface area (Å²) >= 11 is 3.85. The van der Waals surface area contributed by atoms with Gasteiger partial charge in [0.15, 0.2) is 5.96 Å². The molecule has 11 N–H and O–H groups in total. The van der Waals surface area contributed by atoms with Gasteiger partial charge in [-0.3, -0.25) is 33.8 Å². The molecule has 0 aromatic heterocycles. The highest BCUT2D eigenvalue weighted by molar-refractivity contribution is 7.80. The number of carbonyl (C=O) groups excluding carboxylic acids is 6. The molecule has 0 aliphatic carbocycles. The van der Waals surface area contributed by atoms with Gasteiger partial charge in [0.25, 0.3) is 0 Å². The van der Waals surface area contributed by atoms with E-state index < -0.39 is 91.0 Å². The maximum Gasteiger partial charge on any atom is 0.327 e. The molecule has 4 atom stereocenters. The van der Waals surface area contributed by atoms with Crippen molar-refractivity contribution >= 4 is 60.0 Å². The predicted molar refractivity (Wildman–Crippen MR) is 145 cm³/mol. The molecular formula is C22H37N9O8S. The first-order chi connectivity index (χ1) is 18.7. The molecule has 1 saturated heterocycles. The molecule has 0 spiro atoms. The molecule has 17 nitrogen and oxygen atoms in total. The maximum atomic E-state index is 13.0. The Labute approximate surface area is 235 Å². The van der Waals surface area contributed by atoms with Crippen molar-refractivity contribution in [3.8, 4) is 0 Å². The topological polar surface area (TPSA) is 276 Å². The molecule has 1 fully saturated rings. The number of aliphatic carboxylic acids is 1. The maximum absolute atomic E-state index is 13.0. The molecule has 1 aliphatic heterocycles. The van der Waals surface area contributed by atoms with Crippen LogP contribution in [0.3, 0.4) is 0 Å². The van der Waals surface area contributed by atoms with Crippen LogP contribution in [0.1, 0.15) is 33.1 Å². The monoisotopic (exact) mass is 587 g/mol. The Morgan fingerprint density at radius 3 is 2.08 bits per heavy atom. The number of rotatable bonds is 10. The largest absolute Gasteiger partial charge is 0.480 e. The van der Waals surface area contributed by atoms with E-state index in [4.69, 9.17) is 16.6 Å². The Bertz CT molecular complexity index is 1000. The third kappa shape index (κ3) is 12.2. The van der Waals surface area contributed by atoms with Gasteiger partial charge in [-0.25, -0.2) is 4.79 Å². The lowest BCUT2D eigenvalue weighted by atomic mass is 10.0. The average molecular weight is 588 g/mol. The molecule has 6 amide bonds. The van der Waals surface area contributed by atoms with Crippen molar-refractivity contribution in [2.75, 3.05) is 25.4 Å². The third-order valence-electron chi connectivity index (χ3n) is 5.55. The van der Waals surface area contributed by atoms with Crippen molar-refractivity contribution < 1.29 is 38.7 Å². The van der Waals surface area contributed by atoms with Gasteiger partial charge in [0.2, 0.25) is 35.4 Å². The van der Waals surface area contributed by atoms with Gasteiger partial charge in [0.1, 0.15) is 24.2 Å². The van der Waals surface area contributed by atoms with Gasteiger partial charge in [0, 0.05) is 12.3 Å². The van der Waals surface area contributed by atoms with E-state index in [0.717, 1.165) is 0 Å². The van der Waals surface area contributed by atoms with Crippen LogP contribution in [0, 0.1) is 5.92 Å². The summed E-state index contributed by atoms with van der Waals surface area (Å²) in [6, 6.07) is -5.05. The first-order valence-electron chi connectivity index (χ1n) is 12.4. The van der Waals surface area contributed by atoms with Gasteiger partial charge in [-0.1, -0.05) is 13.8 Å². The Hall–Kier alpha value is -4.09. The fraction of sp³-hybridized carbons (Fsp3) is 0.636. The number of nitrogens with zero attached hydrogens (tertiary/aromatic N) is 1. The van der Waals surface area contributed by atoms with Gasteiger partial charge in [-0.2, -0.15) is 12.6 Å². The van der Waals surface area contributed by atoms with Gasteiger partial charge < -0.3 is 48.5 Å². The van der Waals surface area contributed by atoms with Crippen LogP contribution in [-0.4, -0.2) is 102 Å². The summed E-state index contributed by atoms with van der Waals surface area (Å²) in [5, 5.41) is 23.3. The Morgan fingerprint density at radius 1 is 0.975 bits per heavy atom. The Balaban J connectivity index is 3.16. The van der Waals surface area contributed by atoms with Crippen LogP contribution in [0.15, 0.2) is 4.99 Å². The second-order valence-electron chi connectivity index (χ2n) is 9.20. The number of hydrogen-bond acceptors (Lipinski definition) is 9. The zero-order chi connectivity index (χ0) is 30.4. The Morgan fingerprint density at radius 2 is 1.55 bits per heavy atom. The summed E-state index contributed by atoms with van der Waals surface area (Å²) in [5.41, 5.74) is 10.6. The number of thiol groups is 1. The molecular weight excluding hydrogens is 550 g/mol. The summed E-state index contributed by atoms with van der Waals surface area (Å²) in [6.45, 7) is 2.27. The predicted octanol–water partition coefficient (Wildman–Crippen LogP) is -4.71. The zero-order valence-electron chi connectivity index (χ0n) is 22.2. The van der Waals surface area contributed by atoms with Crippen LogP contribution in [0.4, 0.5) is 0 Å². The number of hydrogen-bond donors (Lipinski definition) is 10. The van der Waals surface area contributed by atoms with Crippen molar-refractivity contribution in [1.29, 1.82) is 0 Å². The summed E-state index contributed by atoms with van der Waals surface area (Å²) < 4.78 is 0. The number of aliphatic imine (C=N–C) groups is 1. The van der Waals surface area contributed by atoms with E-state index in [1.165, 1.54) is 0 Å². The minimum absolute atomic E-state index is 0.0907. The standard InChI is InChI=1S/C22H37N9O8S/c1-10(2)17-20(37)30-11(4-3-5-25-22(23)24)18(35)26-7-15(33)28-12(19(36)27-8-16(34)31-17)6-14(32)29-13(9-40)21(38)39/h10-13,17,40H,3-9H2,1-2H3,(H,26,35)(H,27,36)(H,28,33)(H,29,32)(H,30,37)(H,31,34)(H,38,39)(H4,23,24,25)/t11-,12-,13+,17?/m0/s1. The average Bonchev–Trinajstić information content (AvgIpc) is 2.87. The summed E-state index contributed by atoms with van der Waals surface area (Å²) in [4.78, 5) is 91.0. The molecule has 0 aromatic rings. The minimum atomic E-state index is -1.52. The summed E-state index contributed by atoms with van der Waals surface area (Å²) in [6.07, 6.45) is -0.291. The molecule has 0 saturated carbocycles. The molecule has 1 heterocycles. The smallest absolute Gasteiger partial charge is 0.327 e. The molecule has 40 heavy (non-hydrogen) atoms. The highest BCUT2D eigenvalue weighted by atomic mass is 32.1. The van der Waals surface area contributed by atoms with Crippen LogP contribution >= 0.6 is 12.6 Å². The molecule has 0 bridgehead atoms. The lowest BCUT2D eigenvalue weighted by molar-refractivity contribution is -0.141. The highest BCUT2D eigenvalue weighted by Gasteiger charge is 2.31. The van der Waals surface area contributed by atoms with Crippen molar-refractivity contribution in [2.45, 2.75) is 57.3 Å². The first-order valence-corrected chi connectivity index (χ1v) is 13.0. The number of amides is 6. The molecule has 224 valence electrons. The number of nitrogens with two attached hydrogens (primary N) is 2. The van der Waals surface area contributed by atoms with Crippen LogP contribution < -0.4 is 43.4 Å². The third-order valence-corrected chi connectivity index (χ3v) is 5.91. The second kappa shape index (κ2) is 16.8. The van der Waals surface area contributed by atoms with E-state index in [1.54, 1.807) is 13.8 Å². The normalized spacial score (nSPS) is 21.8. The van der Waals surface area contributed by atoms with Gasteiger partial charge in [0.05, 0.1) is 19.5 Å². The van der Waals surface area contributed by atoms with Crippen molar-refractivity contribution in [2.24, 2.45) is 22.4 Å². The number of carboxylic acid groups (broad SMARTS) is 1. The Kier molecular flexibility index (Phi) is 14.2. The van der Waals surface area contributed by atoms with E-state index in [-0.39, 0.29) is 24.7 Å². The number of nitrogens with one attached hydrogen (secondary N) is 6. The minimum Gasteiger partial charge on any atom is -0.480 e. The van der Waals surface area contributed by atoms with E-state index in [1.807, 2.05) is 0 Å². The number of guanidine groups is 1. The van der Waals surface area contributed by atoms with Crippen LogP contribution in [0.2, 0.25) is 0 Å². The molecule has 1 rings (SSSR count). The van der Waals surface area contributed by atoms with Crippen molar-refractivity contribution in [3.63, 3.8) is 0 Å². The van der Waals surface area contributed by atoms with Crippen molar-refractivity contribution in [1.82, 2.24) is 31.9 Å². The van der Waals surface area contributed by atoms with Gasteiger partial charge in [-0.05, 0) is 18.8 Å². The molecule has 18 heteroatoms. The summed E-state index contributed by atoms with van der Waals surface area (Å²) in [5.74, 6) is -6.96. The van der Waals surface area contributed by atoms with Crippen LogP contribution in [-0.2, 0) is 33.6 Å². The number of carboxylic acids is 1. The van der Waals surface area contributed by atoms with E-state index >= 15 is 0 Å². The summed E-state index contributed by atoms with van der Waals surface area (Å²) in [7, 11) is 0. The van der Waals surface area contributed by atoms with E-state index in [9.17, 15) is 33.6 Å². The van der Waals surface area contributed by atoms with Gasteiger partial charge in [-0.15, -0.1) is 0 Å². The van der Waals surface area contributed by atoms with E-state index in [0.29, 0.717) is 6.42 Å². The van der Waals surface area contributed by atoms with Gasteiger partial charge >= 0.3 is 5.97 Å². The number of carbonyl (C=O) groups is 7.